The first kappa shape index (κ1) is 7.65. The number of hydrogen-bond donors (Lipinski definition) is 0. The molecule has 1 aliphatic rings. The van der Waals surface area contributed by atoms with Crippen molar-refractivity contribution in [1.82, 2.24) is 9.78 Å². The Kier molecular flexibility index (Phi) is 2.02. The summed E-state index contributed by atoms with van der Waals surface area (Å²) in [6, 6.07) is 0. The Morgan fingerprint density at radius 3 is 2.58 bits per heavy atom. The molecule has 2 heterocycles. The number of piperidine rings is 1. The summed E-state index contributed by atoms with van der Waals surface area (Å²) < 4.78 is 1.87. The molecule has 0 saturated carbocycles. The number of aryl methyl sites for hydroxylation is 1. The van der Waals surface area contributed by atoms with E-state index in [0.29, 0.717) is 0 Å². The fourth-order valence-corrected chi connectivity index (χ4v) is 1.72. The van der Waals surface area contributed by atoms with Crippen LogP contribution in [0.15, 0.2) is 12.4 Å². The Bertz CT molecular complexity index is 248. The van der Waals surface area contributed by atoms with Gasteiger partial charge in [0.1, 0.15) is 0 Å². The van der Waals surface area contributed by atoms with E-state index < -0.39 is 0 Å². The lowest BCUT2D eigenvalue weighted by Gasteiger charge is -2.26. The van der Waals surface area contributed by atoms with Gasteiger partial charge in [-0.1, -0.05) is 0 Å². The zero-order valence-electron chi connectivity index (χ0n) is 7.53. The van der Waals surface area contributed by atoms with E-state index in [1.54, 1.807) is 0 Å². The molecule has 1 aliphatic heterocycles. The molecule has 3 nitrogen and oxygen atoms in total. The van der Waals surface area contributed by atoms with Crippen molar-refractivity contribution < 1.29 is 0 Å². The molecule has 0 radical (unpaired) electrons. The van der Waals surface area contributed by atoms with Crippen LogP contribution in [0.4, 0.5) is 5.69 Å². The SMILES string of the molecule is Cn1cc(N2CCCCC2)cn1. The maximum absolute atomic E-state index is 4.17. The number of nitrogens with zero attached hydrogens (tertiary/aromatic N) is 3. The lowest BCUT2D eigenvalue weighted by Crippen LogP contribution is -2.28. The zero-order chi connectivity index (χ0) is 8.39. The van der Waals surface area contributed by atoms with Gasteiger partial charge in [-0.25, -0.2) is 0 Å². The number of anilines is 1. The monoisotopic (exact) mass is 165 g/mol. The van der Waals surface area contributed by atoms with Crippen LogP contribution in [-0.4, -0.2) is 22.9 Å². The number of rotatable bonds is 1. The molecule has 66 valence electrons. The molecule has 0 atom stereocenters. The molecular formula is C9H15N3. The van der Waals surface area contributed by atoms with Gasteiger partial charge in [0.25, 0.3) is 0 Å². The summed E-state index contributed by atoms with van der Waals surface area (Å²) in [5.74, 6) is 0. The van der Waals surface area contributed by atoms with Gasteiger partial charge in [0.05, 0.1) is 11.9 Å². The predicted molar refractivity (Wildman–Crippen MR) is 49.3 cm³/mol. The summed E-state index contributed by atoms with van der Waals surface area (Å²) in [7, 11) is 1.97. The van der Waals surface area contributed by atoms with Crippen molar-refractivity contribution in [3.63, 3.8) is 0 Å². The maximum atomic E-state index is 4.17. The van der Waals surface area contributed by atoms with Crippen LogP contribution in [0, 0.1) is 0 Å². The van der Waals surface area contributed by atoms with Gasteiger partial charge < -0.3 is 4.90 Å². The third-order valence-electron chi connectivity index (χ3n) is 2.41. The molecule has 0 aliphatic carbocycles. The van der Waals surface area contributed by atoms with Crippen LogP contribution < -0.4 is 4.90 Å². The van der Waals surface area contributed by atoms with Gasteiger partial charge in [-0.3, -0.25) is 4.68 Å². The summed E-state index contributed by atoms with van der Waals surface area (Å²) in [4.78, 5) is 2.41. The second-order valence-electron chi connectivity index (χ2n) is 3.42. The Labute approximate surface area is 73.0 Å². The molecule has 12 heavy (non-hydrogen) atoms. The third-order valence-corrected chi connectivity index (χ3v) is 2.41. The summed E-state index contributed by atoms with van der Waals surface area (Å²) in [6.07, 6.45) is 8.08. The topological polar surface area (TPSA) is 21.1 Å². The molecule has 0 N–H and O–H groups in total. The van der Waals surface area contributed by atoms with Crippen LogP contribution in [0.1, 0.15) is 19.3 Å². The fourth-order valence-electron chi connectivity index (χ4n) is 1.72. The van der Waals surface area contributed by atoms with E-state index in [0.717, 1.165) is 0 Å². The Morgan fingerprint density at radius 1 is 1.25 bits per heavy atom. The average Bonchev–Trinajstić information content (AvgIpc) is 2.54. The lowest BCUT2D eigenvalue weighted by atomic mass is 10.1. The standard InChI is InChI=1S/C9H15N3/c1-11-8-9(7-10-11)12-5-3-2-4-6-12/h7-8H,2-6H2,1H3. The van der Waals surface area contributed by atoms with Crippen LogP contribution in [0.25, 0.3) is 0 Å². The van der Waals surface area contributed by atoms with Gasteiger partial charge in [-0.15, -0.1) is 0 Å². The van der Waals surface area contributed by atoms with Crippen LogP contribution in [-0.2, 0) is 7.05 Å². The first-order chi connectivity index (χ1) is 5.86. The van der Waals surface area contributed by atoms with Crippen LogP contribution in [0.5, 0.6) is 0 Å². The highest BCUT2D eigenvalue weighted by Gasteiger charge is 2.11. The minimum Gasteiger partial charge on any atom is -0.369 e. The smallest absolute Gasteiger partial charge is 0.0752 e. The van der Waals surface area contributed by atoms with E-state index in [1.807, 2.05) is 17.9 Å². The molecule has 0 bridgehead atoms. The second kappa shape index (κ2) is 3.17. The molecular weight excluding hydrogens is 150 g/mol. The maximum Gasteiger partial charge on any atom is 0.0752 e. The second-order valence-corrected chi connectivity index (χ2v) is 3.42. The van der Waals surface area contributed by atoms with E-state index in [4.69, 9.17) is 0 Å². The molecule has 0 spiro atoms. The Hall–Kier alpha value is -0.990. The molecule has 0 unspecified atom stereocenters. The normalized spacial score (nSPS) is 18.2. The Morgan fingerprint density at radius 2 is 2.00 bits per heavy atom. The lowest BCUT2D eigenvalue weighted by molar-refractivity contribution is 0.577. The van der Waals surface area contributed by atoms with Crippen LogP contribution in [0.2, 0.25) is 0 Å². The van der Waals surface area contributed by atoms with Crippen molar-refractivity contribution in [2.24, 2.45) is 7.05 Å². The summed E-state index contributed by atoms with van der Waals surface area (Å²) in [6.45, 7) is 2.40. The van der Waals surface area contributed by atoms with Gasteiger partial charge in [0, 0.05) is 26.3 Å². The first-order valence-corrected chi connectivity index (χ1v) is 4.60. The van der Waals surface area contributed by atoms with E-state index in [-0.39, 0.29) is 0 Å². The third kappa shape index (κ3) is 1.44. The van der Waals surface area contributed by atoms with E-state index >= 15 is 0 Å². The van der Waals surface area contributed by atoms with Crippen molar-refractivity contribution in [2.45, 2.75) is 19.3 Å². The highest BCUT2D eigenvalue weighted by molar-refractivity contribution is 5.42. The van der Waals surface area contributed by atoms with Gasteiger partial charge in [-0.05, 0) is 19.3 Å². The quantitative estimate of drug-likeness (QED) is 0.627. The summed E-state index contributed by atoms with van der Waals surface area (Å²) >= 11 is 0. The largest absolute Gasteiger partial charge is 0.369 e. The predicted octanol–water partition coefficient (Wildman–Crippen LogP) is 1.41. The van der Waals surface area contributed by atoms with Gasteiger partial charge in [0.2, 0.25) is 0 Å². The molecule has 1 aromatic heterocycles. The molecule has 2 rings (SSSR count). The van der Waals surface area contributed by atoms with Crippen molar-refractivity contribution in [3.05, 3.63) is 12.4 Å². The Balaban J connectivity index is 2.08. The zero-order valence-corrected chi connectivity index (χ0v) is 7.53. The molecule has 3 heteroatoms. The van der Waals surface area contributed by atoms with E-state index in [9.17, 15) is 0 Å². The molecule has 1 aromatic rings. The van der Waals surface area contributed by atoms with Crippen molar-refractivity contribution >= 4 is 5.69 Å². The highest BCUT2D eigenvalue weighted by Crippen LogP contribution is 2.17. The first-order valence-electron chi connectivity index (χ1n) is 4.60. The molecule has 1 saturated heterocycles. The van der Waals surface area contributed by atoms with Gasteiger partial charge >= 0.3 is 0 Å². The number of hydrogen-bond acceptors (Lipinski definition) is 2. The van der Waals surface area contributed by atoms with Crippen molar-refractivity contribution in [1.29, 1.82) is 0 Å². The van der Waals surface area contributed by atoms with E-state index in [1.165, 1.54) is 38.0 Å². The molecule has 0 amide bonds. The summed E-state index contributed by atoms with van der Waals surface area (Å²) in [5.41, 5.74) is 1.28. The fraction of sp³-hybridized carbons (Fsp3) is 0.667. The van der Waals surface area contributed by atoms with E-state index in [2.05, 4.69) is 16.2 Å². The van der Waals surface area contributed by atoms with Gasteiger partial charge in [0.15, 0.2) is 0 Å². The highest BCUT2D eigenvalue weighted by atomic mass is 15.3. The number of aromatic nitrogens is 2. The summed E-state index contributed by atoms with van der Waals surface area (Å²) in [5, 5.41) is 4.17. The van der Waals surface area contributed by atoms with Crippen molar-refractivity contribution in [2.75, 3.05) is 18.0 Å². The van der Waals surface area contributed by atoms with Crippen molar-refractivity contribution in [3.8, 4) is 0 Å². The molecule has 1 fully saturated rings. The minimum atomic E-state index is 1.20. The van der Waals surface area contributed by atoms with Crippen LogP contribution in [0.3, 0.4) is 0 Å². The van der Waals surface area contributed by atoms with Gasteiger partial charge in [-0.2, -0.15) is 5.10 Å². The average molecular weight is 165 g/mol. The van der Waals surface area contributed by atoms with Crippen LogP contribution >= 0.6 is 0 Å². The minimum absolute atomic E-state index is 1.20. The molecule has 0 aromatic carbocycles.